The standard InChI is InChI=1S/C11H11ClFN5/c1-5-6(2)15-9-8(14-5)10(17-11(12)16-9)18-3-7(13)4-18/h7H,3-4H2,1-2H3. The van der Waals surface area contributed by atoms with E-state index in [0.29, 0.717) is 30.1 Å². The highest BCUT2D eigenvalue weighted by atomic mass is 35.5. The molecule has 0 aliphatic carbocycles. The van der Waals surface area contributed by atoms with Gasteiger partial charge in [0.15, 0.2) is 17.0 Å². The summed E-state index contributed by atoms with van der Waals surface area (Å²) in [6.45, 7) is 4.36. The van der Waals surface area contributed by atoms with Crippen molar-refractivity contribution < 1.29 is 4.39 Å². The average molecular weight is 268 g/mol. The summed E-state index contributed by atoms with van der Waals surface area (Å²) < 4.78 is 12.9. The van der Waals surface area contributed by atoms with Gasteiger partial charge in [0, 0.05) is 0 Å². The highest BCUT2D eigenvalue weighted by Crippen LogP contribution is 2.27. The number of aryl methyl sites for hydroxylation is 2. The van der Waals surface area contributed by atoms with Gasteiger partial charge < -0.3 is 4.90 Å². The van der Waals surface area contributed by atoms with Gasteiger partial charge >= 0.3 is 0 Å². The van der Waals surface area contributed by atoms with Crippen LogP contribution in [0.2, 0.25) is 5.28 Å². The Balaban J connectivity index is 2.20. The van der Waals surface area contributed by atoms with Crippen LogP contribution in [-0.2, 0) is 0 Å². The summed E-state index contributed by atoms with van der Waals surface area (Å²) in [6.07, 6.45) is -0.812. The third-order valence-electron chi connectivity index (χ3n) is 3.03. The molecule has 0 N–H and O–H groups in total. The predicted octanol–water partition coefficient (Wildman–Crippen LogP) is 1.85. The van der Waals surface area contributed by atoms with Crippen molar-refractivity contribution in [3.63, 3.8) is 0 Å². The molecule has 1 saturated heterocycles. The topological polar surface area (TPSA) is 54.8 Å². The van der Waals surface area contributed by atoms with Gasteiger partial charge in [0.25, 0.3) is 0 Å². The van der Waals surface area contributed by atoms with E-state index in [9.17, 15) is 4.39 Å². The van der Waals surface area contributed by atoms with Crippen LogP contribution in [-0.4, -0.2) is 39.2 Å². The van der Waals surface area contributed by atoms with Crippen LogP contribution in [0.25, 0.3) is 11.2 Å². The third-order valence-corrected chi connectivity index (χ3v) is 3.20. The van der Waals surface area contributed by atoms with E-state index in [1.54, 1.807) is 4.90 Å². The van der Waals surface area contributed by atoms with Gasteiger partial charge in [-0.15, -0.1) is 0 Å². The molecule has 3 rings (SSSR count). The molecular formula is C11H11ClFN5. The van der Waals surface area contributed by atoms with Crippen LogP contribution in [0, 0.1) is 13.8 Å². The number of rotatable bonds is 1. The number of aromatic nitrogens is 4. The fraction of sp³-hybridized carbons (Fsp3) is 0.455. The number of anilines is 1. The molecular weight excluding hydrogens is 257 g/mol. The third kappa shape index (κ3) is 1.77. The van der Waals surface area contributed by atoms with Gasteiger partial charge in [-0.25, -0.2) is 14.4 Å². The molecule has 1 fully saturated rings. The minimum Gasteiger partial charge on any atom is -0.349 e. The molecule has 0 spiro atoms. The first-order valence-electron chi connectivity index (χ1n) is 5.62. The zero-order valence-electron chi connectivity index (χ0n) is 9.98. The highest BCUT2D eigenvalue weighted by molar-refractivity contribution is 6.28. The Bertz CT molecular complexity index is 626. The molecule has 2 aromatic heterocycles. The first-order chi connectivity index (χ1) is 8.54. The summed E-state index contributed by atoms with van der Waals surface area (Å²) in [5.41, 5.74) is 2.65. The molecule has 94 valence electrons. The van der Waals surface area contributed by atoms with E-state index >= 15 is 0 Å². The molecule has 0 bridgehead atoms. The van der Waals surface area contributed by atoms with Gasteiger partial charge in [0.05, 0.1) is 24.5 Å². The molecule has 0 aromatic carbocycles. The summed E-state index contributed by atoms with van der Waals surface area (Å²) in [4.78, 5) is 18.8. The zero-order chi connectivity index (χ0) is 12.9. The number of nitrogens with zero attached hydrogens (tertiary/aromatic N) is 5. The lowest BCUT2D eigenvalue weighted by atomic mass is 10.2. The predicted molar refractivity (Wildman–Crippen MR) is 66.7 cm³/mol. The second kappa shape index (κ2) is 3.98. The minimum absolute atomic E-state index is 0.109. The van der Waals surface area contributed by atoms with E-state index in [2.05, 4.69) is 19.9 Å². The smallest absolute Gasteiger partial charge is 0.226 e. The summed E-state index contributed by atoms with van der Waals surface area (Å²) in [7, 11) is 0. The second-order valence-corrected chi connectivity index (χ2v) is 4.72. The quantitative estimate of drug-likeness (QED) is 0.738. The number of hydrogen-bond donors (Lipinski definition) is 0. The van der Waals surface area contributed by atoms with E-state index < -0.39 is 6.17 Å². The van der Waals surface area contributed by atoms with E-state index in [4.69, 9.17) is 11.6 Å². The van der Waals surface area contributed by atoms with Crippen LogP contribution in [0.1, 0.15) is 11.4 Å². The molecule has 0 saturated carbocycles. The van der Waals surface area contributed by atoms with E-state index in [0.717, 1.165) is 11.4 Å². The van der Waals surface area contributed by atoms with E-state index in [-0.39, 0.29) is 5.28 Å². The largest absolute Gasteiger partial charge is 0.349 e. The first-order valence-corrected chi connectivity index (χ1v) is 6.00. The van der Waals surface area contributed by atoms with Crippen molar-refractivity contribution in [3.8, 4) is 0 Å². The van der Waals surface area contributed by atoms with Crippen LogP contribution in [0.4, 0.5) is 10.2 Å². The summed E-state index contributed by atoms with van der Waals surface area (Å²) in [6, 6.07) is 0. The maximum absolute atomic E-state index is 12.9. The molecule has 5 nitrogen and oxygen atoms in total. The SMILES string of the molecule is Cc1nc2nc(Cl)nc(N3CC(F)C3)c2nc1C. The fourth-order valence-corrected chi connectivity index (χ4v) is 2.05. The number of fused-ring (bicyclic) bond motifs is 1. The molecule has 0 atom stereocenters. The molecule has 1 aliphatic rings. The fourth-order valence-electron chi connectivity index (χ4n) is 1.89. The van der Waals surface area contributed by atoms with Gasteiger partial charge in [0.2, 0.25) is 5.28 Å². The summed E-state index contributed by atoms with van der Waals surface area (Å²) in [5, 5.41) is 0.109. The zero-order valence-corrected chi connectivity index (χ0v) is 10.7. The molecule has 2 aromatic rings. The highest BCUT2D eigenvalue weighted by Gasteiger charge is 2.30. The van der Waals surface area contributed by atoms with Crippen molar-refractivity contribution >= 4 is 28.6 Å². The Morgan fingerprint density at radius 2 is 1.78 bits per heavy atom. The lowest BCUT2D eigenvalue weighted by molar-refractivity contribution is 0.274. The van der Waals surface area contributed by atoms with Gasteiger partial charge in [-0.1, -0.05) is 0 Å². The molecule has 7 heteroatoms. The van der Waals surface area contributed by atoms with Crippen molar-refractivity contribution in [1.29, 1.82) is 0 Å². The van der Waals surface area contributed by atoms with E-state index in [1.807, 2.05) is 13.8 Å². The summed E-state index contributed by atoms with van der Waals surface area (Å²) in [5.74, 6) is 0.564. The monoisotopic (exact) mass is 267 g/mol. The molecule has 0 radical (unpaired) electrons. The first kappa shape index (κ1) is 11.5. The van der Waals surface area contributed by atoms with Gasteiger partial charge in [-0.3, -0.25) is 0 Å². The minimum atomic E-state index is -0.812. The lowest BCUT2D eigenvalue weighted by Gasteiger charge is -2.35. The van der Waals surface area contributed by atoms with Gasteiger partial charge in [-0.2, -0.15) is 9.97 Å². The van der Waals surface area contributed by atoms with Crippen LogP contribution in [0.15, 0.2) is 0 Å². The van der Waals surface area contributed by atoms with Crippen LogP contribution >= 0.6 is 11.6 Å². The van der Waals surface area contributed by atoms with Crippen molar-refractivity contribution in [2.45, 2.75) is 20.0 Å². The molecule has 1 aliphatic heterocycles. The Hall–Kier alpha value is -1.56. The summed E-state index contributed by atoms with van der Waals surface area (Å²) >= 11 is 5.87. The number of hydrogen-bond acceptors (Lipinski definition) is 5. The van der Waals surface area contributed by atoms with Gasteiger partial charge in [0.1, 0.15) is 6.17 Å². The maximum atomic E-state index is 12.9. The average Bonchev–Trinajstić information content (AvgIpc) is 2.26. The normalized spacial score (nSPS) is 16.1. The Morgan fingerprint density at radius 1 is 1.11 bits per heavy atom. The van der Waals surface area contributed by atoms with Crippen LogP contribution in [0.5, 0.6) is 0 Å². The maximum Gasteiger partial charge on any atom is 0.226 e. The molecule has 0 amide bonds. The van der Waals surface area contributed by atoms with Crippen molar-refractivity contribution in [3.05, 3.63) is 16.7 Å². The van der Waals surface area contributed by atoms with Gasteiger partial charge in [-0.05, 0) is 25.4 Å². The van der Waals surface area contributed by atoms with Crippen molar-refractivity contribution in [2.75, 3.05) is 18.0 Å². The van der Waals surface area contributed by atoms with Crippen molar-refractivity contribution in [1.82, 2.24) is 19.9 Å². The number of alkyl halides is 1. The van der Waals surface area contributed by atoms with Crippen LogP contribution in [0.3, 0.4) is 0 Å². The van der Waals surface area contributed by atoms with Crippen LogP contribution < -0.4 is 4.90 Å². The van der Waals surface area contributed by atoms with E-state index in [1.165, 1.54) is 0 Å². The Kier molecular flexibility index (Phi) is 2.55. The lowest BCUT2D eigenvalue weighted by Crippen LogP contribution is -2.49. The Labute approximate surface area is 108 Å². The molecule has 3 heterocycles. The second-order valence-electron chi connectivity index (χ2n) is 4.39. The van der Waals surface area contributed by atoms with Crippen molar-refractivity contribution in [2.24, 2.45) is 0 Å². The molecule has 18 heavy (non-hydrogen) atoms. The Morgan fingerprint density at radius 3 is 2.44 bits per heavy atom. The molecule has 0 unspecified atom stereocenters. The number of halogens is 2.